The minimum Gasteiger partial charge on any atom is -0.460 e. The number of carbonyl (C=O) groups excluding carboxylic acids is 3. The number of para-hydroxylation sites is 2. The van der Waals surface area contributed by atoms with Gasteiger partial charge >= 0.3 is 5.97 Å². The summed E-state index contributed by atoms with van der Waals surface area (Å²) in [5, 5.41) is 0. The molecular formula is C23H17NO5. The number of hydrogen-bond acceptors (Lipinski definition) is 5. The van der Waals surface area contributed by atoms with Crippen LogP contribution in [-0.2, 0) is 4.74 Å². The Morgan fingerprint density at radius 3 is 2.03 bits per heavy atom. The summed E-state index contributed by atoms with van der Waals surface area (Å²) in [6.45, 7) is -0.121. The Balaban J connectivity index is 1.40. The fraction of sp³-hybridized carbons (Fsp3) is 0.0870. The molecule has 29 heavy (non-hydrogen) atoms. The molecule has 6 heteroatoms. The van der Waals surface area contributed by atoms with Gasteiger partial charge in [-0.2, -0.15) is 0 Å². The molecule has 0 aromatic heterocycles. The predicted molar refractivity (Wildman–Crippen MR) is 105 cm³/mol. The van der Waals surface area contributed by atoms with Crippen molar-refractivity contribution in [3.63, 3.8) is 0 Å². The number of esters is 1. The number of hydrogen-bond donors (Lipinski definition) is 0. The van der Waals surface area contributed by atoms with Gasteiger partial charge in [0.1, 0.15) is 23.7 Å². The van der Waals surface area contributed by atoms with Crippen LogP contribution in [0.5, 0.6) is 11.5 Å². The van der Waals surface area contributed by atoms with E-state index in [9.17, 15) is 14.4 Å². The van der Waals surface area contributed by atoms with Crippen molar-refractivity contribution in [2.45, 2.75) is 0 Å². The van der Waals surface area contributed by atoms with Gasteiger partial charge in [0, 0.05) is 0 Å². The first-order valence-corrected chi connectivity index (χ1v) is 9.09. The number of nitrogens with zero attached hydrogens (tertiary/aromatic N) is 1. The molecule has 0 saturated heterocycles. The lowest BCUT2D eigenvalue weighted by atomic mass is 10.1. The molecular weight excluding hydrogens is 370 g/mol. The Kier molecular flexibility index (Phi) is 5.07. The van der Waals surface area contributed by atoms with E-state index in [1.165, 1.54) is 0 Å². The number of amides is 2. The normalized spacial score (nSPS) is 12.6. The highest BCUT2D eigenvalue weighted by Crippen LogP contribution is 2.26. The van der Waals surface area contributed by atoms with Gasteiger partial charge in [-0.25, -0.2) is 4.79 Å². The second kappa shape index (κ2) is 7.98. The summed E-state index contributed by atoms with van der Waals surface area (Å²) in [6.07, 6.45) is 0. The van der Waals surface area contributed by atoms with Gasteiger partial charge in [0.25, 0.3) is 11.8 Å². The zero-order valence-corrected chi connectivity index (χ0v) is 15.4. The Bertz CT molecular complexity index is 1040. The van der Waals surface area contributed by atoms with Gasteiger partial charge in [0.2, 0.25) is 0 Å². The summed E-state index contributed by atoms with van der Waals surface area (Å²) >= 11 is 0. The molecule has 3 aromatic carbocycles. The fourth-order valence-electron chi connectivity index (χ4n) is 3.09. The molecule has 1 aliphatic heterocycles. The zero-order chi connectivity index (χ0) is 20.2. The predicted octanol–water partition coefficient (Wildman–Crippen LogP) is 3.93. The summed E-state index contributed by atoms with van der Waals surface area (Å²) < 4.78 is 11.1. The largest absolute Gasteiger partial charge is 0.460 e. The van der Waals surface area contributed by atoms with Crippen LogP contribution < -0.4 is 4.74 Å². The minimum atomic E-state index is -0.590. The second-order valence-corrected chi connectivity index (χ2v) is 6.35. The lowest BCUT2D eigenvalue weighted by Crippen LogP contribution is -2.33. The summed E-state index contributed by atoms with van der Waals surface area (Å²) in [5.74, 6) is -0.389. The molecule has 2 amide bonds. The van der Waals surface area contributed by atoms with Crippen molar-refractivity contribution in [3.8, 4) is 11.5 Å². The van der Waals surface area contributed by atoms with E-state index in [-0.39, 0.29) is 30.5 Å². The van der Waals surface area contributed by atoms with Crippen LogP contribution in [0.25, 0.3) is 0 Å². The van der Waals surface area contributed by atoms with Gasteiger partial charge in [0.05, 0.1) is 17.7 Å². The average Bonchev–Trinajstić information content (AvgIpc) is 3.00. The van der Waals surface area contributed by atoms with Crippen LogP contribution in [0.15, 0.2) is 78.9 Å². The van der Waals surface area contributed by atoms with Crippen molar-refractivity contribution in [2.75, 3.05) is 13.2 Å². The monoisotopic (exact) mass is 387 g/mol. The van der Waals surface area contributed by atoms with Crippen molar-refractivity contribution in [1.82, 2.24) is 4.90 Å². The topological polar surface area (TPSA) is 72.9 Å². The molecule has 0 aliphatic carbocycles. The summed E-state index contributed by atoms with van der Waals surface area (Å²) in [6, 6.07) is 22.5. The number of rotatable bonds is 6. The maximum Gasteiger partial charge on any atom is 0.342 e. The first-order chi connectivity index (χ1) is 14.1. The lowest BCUT2D eigenvalue weighted by molar-refractivity contribution is 0.0418. The van der Waals surface area contributed by atoms with E-state index in [1.807, 2.05) is 18.2 Å². The number of fused-ring (bicyclic) bond motifs is 1. The molecule has 0 unspecified atom stereocenters. The molecule has 0 bridgehead atoms. The van der Waals surface area contributed by atoms with Crippen molar-refractivity contribution >= 4 is 17.8 Å². The van der Waals surface area contributed by atoms with Crippen LogP contribution in [0, 0.1) is 0 Å². The molecule has 0 saturated carbocycles. The highest BCUT2D eigenvalue weighted by atomic mass is 16.5. The SMILES string of the molecule is O=C(OCCN1C(=O)c2ccccc2C1=O)c1ccccc1Oc1ccccc1. The standard InChI is InChI=1S/C23H17NO5/c25-21-17-10-4-5-11-18(17)22(26)24(21)14-15-28-23(27)19-12-6-7-13-20(19)29-16-8-2-1-3-9-16/h1-13H,14-15H2. The van der Waals surface area contributed by atoms with Crippen molar-refractivity contribution < 1.29 is 23.9 Å². The van der Waals surface area contributed by atoms with E-state index >= 15 is 0 Å². The first kappa shape index (κ1) is 18.4. The third kappa shape index (κ3) is 3.73. The maximum atomic E-state index is 12.5. The lowest BCUT2D eigenvalue weighted by Gasteiger charge is -2.15. The highest BCUT2D eigenvalue weighted by Gasteiger charge is 2.34. The van der Waals surface area contributed by atoms with Crippen LogP contribution in [0.3, 0.4) is 0 Å². The third-order valence-electron chi connectivity index (χ3n) is 4.50. The van der Waals surface area contributed by atoms with Gasteiger partial charge < -0.3 is 9.47 Å². The maximum absolute atomic E-state index is 12.5. The average molecular weight is 387 g/mol. The van der Waals surface area contributed by atoms with Crippen LogP contribution in [-0.4, -0.2) is 35.8 Å². The first-order valence-electron chi connectivity index (χ1n) is 9.09. The molecule has 1 aliphatic rings. The molecule has 1 heterocycles. The number of benzene rings is 3. The fourth-order valence-corrected chi connectivity index (χ4v) is 3.09. The van der Waals surface area contributed by atoms with Gasteiger partial charge in [-0.1, -0.05) is 42.5 Å². The molecule has 0 atom stereocenters. The Hall–Kier alpha value is -3.93. The molecule has 4 rings (SSSR count). The van der Waals surface area contributed by atoms with Crippen LogP contribution >= 0.6 is 0 Å². The van der Waals surface area contributed by atoms with E-state index < -0.39 is 5.97 Å². The number of imide groups is 1. The van der Waals surface area contributed by atoms with Crippen LogP contribution in [0.2, 0.25) is 0 Å². The van der Waals surface area contributed by atoms with Crippen LogP contribution in [0.1, 0.15) is 31.1 Å². The van der Waals surface area contributed by atoms with E-state index in [2.05, 4.69) is 0 Å². The van der Waals surface area contributed by atoms with Crippen molar-refractivity contribution in [2.24, 2.45) is 0 Å². The smallest absolute Gasteiger partial charge is 0.342 e. The van der Waals surface area contributed by atoms with Gasteiger partial charge in [0.15, 0.2) is 0 Å². The van der Waals surface area contributed by atoms with Gasteiger partial charge in [-0.05, 0) is 36.4 Å². The van der Waals surface area contributed by atoms with E-state index in [1.54, 1.807) is 60.7 Å². The third-order valence-corrected chi connectivity index (χ3v) is 4.50. The van der Waals surface area contributed by atoms with E-state index in [0.717, 1.165) is 4.90 Å². The van der Waals surface area contributed by atoms with E-state index in [4.69, 9.17) is 9.47 Å². The highest BCUT2D eigenvalue weighted by molar-refractivity contribution is 6.21. The van der Waals surface area contributed by atoms with Crippen molar-refractivity contribution in [3.05, 3.63) is 95.6 Å². The summed E-state index contributed by atoms with van der Waals surface area (Å²) in [4.78, 5) is 38.3. The Labute approximate surface area is 167 Å². The molecule has 0 spiro atoms. The van der Waals surface area contributed by atoms with Crippen LogP contribution in [0.4, 0.5) is 0 Å². The molecule has 0 N–H and O–H groups in total. The molecule has 3 aromatic rings. The van der Waals surface area contributed by atoms with Crippen molar-refractivity contribution in [1.29, 1.82) is 0 Å². The second-order valence-electron chi connectivity index (χ2n) is 6.35. The molecule has 0 radical (unpaired) electrons. The van der Waals surface area contributed by atoms with Gasteiger partial charge in [-0.3, -0.25) is 14.5 Å². The minimum absolute atomic E-state index is 0.0141. The Morgan fingerprint density at radius 1 is 0.759 bits per heavy atom. The molecule has 0 fully saturated rings. The molecule has 144 valence electrons. The Morgan fingerprint density at radius 2 is 1.34 bits per heavy atom. The van der Waals surface area contributed by atoms with E-state index in [0.29, 0.717) is 22.6 Å². The molecule has 6 nitrogen and oxygen atoms in total. The summed E-state index contributed by atoms with van der Waals surface area (Å²) in [5.41, 5.74) is 0.995. The quantitative estimate of drug-likeness (QED) is 0.473. The zero-order valence-electron chi connectivity index (χ0n) is 15.4. The van der Waals surface area contributed by atoms with Gasteiger partial charge in [-0.15, -0.1) is 0 Å². The number of ether oxygens (including phenoxy) is 2. The number of carbonyl (C=O) groups is 3. The summed E-state index contributed by atoms with van der Waals surface area (Å²) in [7, 11) is 0.